The predicted molar refractivity (Wildman–Crippen MR) is 132 cm³/mol. The molecule has 0 atom stereocenters. The Balaban J connectivity index is 0.00000456. The predicted octanol–water partition coefficient (Wildman–Crippen LogP) is 2.77. The van der Waals surface area contributed by atoms with Crippen molar-refractivity contribution >= 4 is 34.0 Å². The molecule has 2 aromatic carbocycles. The molecule has 0 radical (unpaired) electrons. The van der Waals surface area contributed by atoms with Gasteiger partial charge in [-0.25, -0.2) is 8.42 Å². The third-order valence-electron chi connectivity index (χ3n) is 5.29. The van der Waals surface area contributed by atoms with E-state index in [9.17, 15) is 26.4 Å². The summed E-state index contributed by atoms with van der Waals surface area (Å²) in [6, 6.07) is 12.0. The molecule has 13 heteroatoms. The summed E-state index contributed by atoms with van der Waals surface area (Å²) >= 11 is 0. The van der Waals surface area contributed by atoms with Crippen molar-refractivity contribution in [3.8, 4) is 5.75 Å². The Morgan fingerprint density at radius 3 is 2.39 bits per heavy atom. The van der Waals surface area contributed by atoms with Crippen LogP contribution in [-0.4, -0.2) is 70.5 Å². The van der Waals surface area contributed by atoms with E-state index in [0.29, 0.717) is 13.0 Å². The molecule has 1 heterocycles. The number of halogens is 4. The summed E-state index contributed by atoms with van der Waals surface area (Å²) in [6.07, 6.45) is -4.07. The normalized spacial score (nSPS) is 13.4. The number of ether oxygens (including phenoxy) is 1. The number of amidine groups is 1. The topological polar surface area (TPSA) is 100 Å². The molecule has 3 rings (SSSR count). The van der Waals surface area contributed by atoms with Gasteiger partial charge in [0.05, 0.1) is 11.4 Å². The van der Waals surface area contributed by atoms with Gasteiger partial charge in [0.25, 0.3) is 0 Å². The monoisotopic (exact) mass is 548 g/mol. The number of nitrogens with one attached hydrogen (secondary N) is 2. The fourth-order valence-corrected chi connectivity index (χ4v) is 4.50. The highest BCUT2D eigenvalue weighted by atomic mass is 35.5. The lowest BCUT2D eigenvalue weighted by molar-refractivity contribution is -0.274. The molecule has 8 nitrogen and oxygen atoms in total. The SMILES string of the molecule is CN(CCc1ccc(C2=NCCN2)cc1)C(=O)CCNCS(=O)(=O)c1ccc(OC(F)(F)F)cc1.Cl. The van der Waals surface area contributed by atoms with Crippen LogP contribution in [0.2, 0.25) is 0 Å². The Morgan fingerprint density at radius 2 is 1.81 bits per heavy atom. The summed E-state index contributed by atoms with van der Waals surface area (Å²) in [5.74, 6) is -0.194. The molecule has 0 saturated carbocycles. The zero-order valence-corrected chi connectivity index (χ0v) is 21.2. The molecule has 0 unspecified atom stereocenters. The van der Waals surface area contributed by atoms with E-state index in [1.807, 2.05) is 24.3 Å². The summed E-state index contributed by atoms with van der Waals surface area (Å²) in [4.78, 5) is 18.2. The van der Waals surface area contributed by atoms with E-state index in [2.05, 4.69) is 20.4 Å². The number of benzene rings is 2. The summed E-state index contributed by atoms with van der Waals surface area (Å²) in [7, 11) is -2.09. The molecule has 0 bridgehead atoms. The minimum atomic E-state index is -4.85. The van der Waals surface area contributed by atoms with Gasteiger partial charge in [-0.2, -0.15) is 0 Å². The van der Waals surface area contributed by atoms with E-state index in [4.69, 9.17) is 0 Å². The van der Waals surface area contributed by atoms with E-state index >= 15 is 0 Å². The molecule has 1 aliphatic rings. The first kappa shape index (κ1) is 29.4. The molecule has 2 aromatic rings. The van der Waals surface area contributed by atoms with Crippen molar-refractivity contribution in [2.75, 3.05) is 39.1 Å². The number of hydrogen-bond acceptors (Lipinski definition) is 7. The summed E-state index contributed by atoms with van der Waals surface area (Å²) < 4.78 is 65.1. The standard InChI is InChI=1S/C23H27F3N4O4S.ClH/c1-30(15-11-17-2-4-18(5-3-17)22-28-13-14-29-22)21(31)10-12-27-16-35(32,33)20-8-6-19(7-9-20)34-23(24,25)26;/h2-9,27H,10-16H2,1H3,(H,28,29);1H. The lowest BCUT2D eigenvalue weighted by Gasteiger charge is -2.17. The van der Waals surface area contributed by atoms with Crippen molar-refractivity contribution in [3.63, 3.8) is 0 Å². The third-order valence-corrected chi connectivity index (χ3v) is 6.86. The number of likely N-dealkylation sites (N-methyl/N-ethyl adjacent to an activating group) is 1. The summed E-state index contributed by atoms with van der Waals surface area (Å²) in [5, 5.41) is 5.93. The minimum Gasteiger partial charge on any atom is -0.406 e. The maximum atomic E-state index is 12.3. The van der Waals surface area contributed by atoms with Gasteiger partial charge in [-0.05, 0) is 36.2 Å². The highest BCUT2D eigenvalue weighted by molar-refractivity contribution is 7.91. The lowest BCUT2D eigenvalue weighted by Crippen LogP contribution is -2.32. The molecule has 0 aliphatic carbocycles. The molecule has 2 N–H and O–H groups in total. The second kappa shape index (κ2) is 12.9. The number of alkyl halides is 3. The van der Waals surface area contributed by atoms with Crippen molar-refractivity contribution < 1.29 is 31.1 Å². The van der Waals surface area contributed by atoms with Gasteiger partial charge in [-0.15, -0.1) is 25.6 Å². The number of amides is 1. The van der Waals surface area contributed by atoms with Crippen molar-refractivity contribution in [2.24, 2.45) is 4.99 Å². The zero-order chi connectivity index (χ0) is 25.5. The van der Waals surface area contributed by atoms with Crippen molar-refractivity contribution in [2.45, 2.75) is 24.1 Å². The number of carbonyl (C=O) groups excluding carboxylic acids is 1. The van der Waals surface area contributed by atoms with Crippen molar-refractivity contribution in [1.82, 2.24) is 15.5 Å². The number of hydrogen-bond donors (Lipinski definition) is 2. The first-order valence-electron chi connectivity index (χ1n) is 10.9. The molecule has 0 fully saturated rings. The molecule has 0 spiro atoms. The van der Waals surface area contributed by atoms with Crippen LogP contribution in [0.15, 0.2) is 58.4 Å². The second-order valence-corrected chi connectivity index (χ2v) is 9.94. The van der Waals surface area contributed by atoms with Crippen LogP contribution in [0.5, 0.6) is 5.75 Å². The van der Waals surface area contributed by atoms with Crippen LogP contribution in [0.4, 0.5) is 13.2 Å². The Labute approximate surface area is 214 Å². The first-order valence-corrected chi connectivity index (χ1v) is 12.6. The van der Waals surface area contributed by atoms with Gasteiger partial charge in [-0.3, -0.25) is 9.79 Å². The first-order chi connectivity index (χ1) is 16.5. The Hall–Kier alpha value is -2.83. The van der Waals surface area contributed by atoms with Gasteiger partial charge in [-0.1, -0.05) is 24.3 Å². The van der Waals surface area contributed by atoms with Crippen LogP contribution in [0.3, 0.4) is 0 Å². The van der Waals surface area contributed by atoms with Gasteiger partial charge < -0.3 is 20.3 Å². The van der Waals surface area contributed by atoms with Crippen LogP contribution in [0.1, 0.15) is 17.5 Å². The lowest BCUT2D eigenvalue weighted by atomic mass is 10.1. The number of rotatable bonds is 11. The maximum absolute atomic E-state index is 12.3. The fourth-order valence-electron chi connectivity index (χ4n) is 3.37. The average Bonchev–Trinajstić information content (AvgIpc) is 3.35. The Morgan fingerprint density at radius 1 is 1.14 bits per heavy atom. The number of aliphatic imine (C=N–C) groups is 1. The number of sulfone groups is 1. The van der Waals surface area contributed by atoms with Gasteiger partial charge >= 0.3 is 6.36 Å². The van der Waals surface area contributed by atoms with Gasteiger partial charge in [0.2, 0.25) is 5.91 Å². The average molecular weight is 549 g/mol. The van der Waals surface area contributed by atoms with Crippen molar-refractivity contribution in [3.05, 3.63) is 59.7 Å². The number of carbonyl (C=O) groups is 1. The molecule has 36 heavy (non-hydrogen) atoms. The number of nitrogens with zero attached hydrogens (tertiary/aromatic N) is 2. The molecule has 1 amide bonds. The minimum absolute atomic E-state index is 0. The van der Waals surface area contributed by atoms with E-state index < -0.39 is 27.8 Å². The summed E-state index contributed by atoms with van der Waals surface area (Å²) in [6.45, 7) is 2.28. The molecule has 1 aliphatic heterocycles. The third kappa shape index (κ3) is 8.99. The van der Waals surface area contributed by atoms with Crippen LogP contribution < -0.4 is 15.4 Å². The zero-order valence-electron chi connectivity index (χ0n) is 19.5. The van der Waals surface area contributed by atoms with Crippen LogP contribution >= 0.6 is 12.4 Å². The van der Waals surface area contributed by atoms with Gasteiger partial charge in [0.1, 0.15) is 17.5 Å². The van der Waals surface area contributed by atoms with Gasteiger partial charge in [0, 0.05) is 38.7 Å². The van der Waals surface area contributed by atoms with Crippen molar-refractivity contribution in [1.29, 1.82) is 0 Å². The molecule has 0 saturated heterocycles. The Bertz CT molecular complexity index is 1140. The van der Waals surface area contributed by atoms with Crippen LogP contribution in [0.25, 0.3) is 0 Å². The second-order valence-electron chi connectivity index (χ2n) is 7.95. The molecule has 198 valence electrons. The van der Waals surface area contributed by atoms with Gasteiger partial charge in [0.15, 0.2) is 9.84 Å². The molecular formula is C23H28ClF3N4O4S. The quantitative estimate of drug-likeness (QED) is 0.419. The molecular weight excluding hydrogens is 521 g/mol. The van der Waals surface area contributed by atoms with E-state index in [0.717, 1.165) is 54.3 Å². The largest absolute Gasteiger partial charge is 0.573 e. The molecule has 0 aromatic heterocycles. The Kier molecular flexibility index (Phi) is 10.6. The van der Waals surface area contributed by atoms with Crippen LogP contribution in [0, 0.1) is 0 Å². The smallest absolute Gasteiger partial charge is 0.406 e. The highest BCUT2D eigenvalue weighted by Gasteiger charge is 2.31. The maximum Gasteiger partial charge on any atom is 0.573 e. The highest BCUT2D eigenvalue weighted by Crippen LogP contribution is 2.24. The van der Waals surface area contributed by atoms with E-state index in [-0.39, 0.29) is 36.2 Å². The van der Waals surface area contributed by atoms with E-state index in [1.54, 1.807) is 11.9 Å². The summed E-state index contributed by atoms with van der Waals surface area (Å²) in [5.41, 5.74) is 2.12. The van der Waals surface area contributed by atoms with E-state index in [1.165, 1.54) is 0 Å². The van der Waals surface area contributed by atoms with Crippen LogP contribution in [-0.2, 0) is 21.1 Å². The fraction of sp³-hybridized carbons (Fsp3) is 0.391.